The molecule has 0 spiro atoms. The van der Waals surface area contributed by atoms with Gasteiger partial charge in [-0.25, -0.2) is 0 Å². The normalized spacial score (nSPS) is 27.5. The van der Waals surface area contributed by atoms with Gasteiger partial charge in [-0.3, -0.25) is 4.79 Å². The lowest BCUT2D eigenvalue weighted by atomic mass is 9.68. The zero-order chi connectivity index (χ0) is 14.0. The smallest absolute Gasteiger partial charge is 0.307 e. The Bertz CT molecular complexity index is 456. The van der Waals surface area contributed by atoms with E-state index in [-0.39, 0.29) is 11.8 Å². The highest BCUT2D eigenvalue weighted by molar-refractivity contribution is 6.31. The summed E-state index contributed by atoms with van der Waals surface area (Å²) in [5.41, 5.74) is 1.00. The third-order valence-corrected chi connectivity index (χ3v) is 4.80. The number of hydrogen-bond acceptors (Lipinski definition) is 1. The second-order valence-electron chi connectivity index (χ2n) is 5.89. The number of halogens is 1. The van der Waals surface area contributed by atoms with Crippen molar-refractivity contribution in [3.8, 4) is 0 Å². The molecule has 2 nitrogen and oxygen atoms in total. The monoisotopic (exact) mass is 280 g/mol. The zero-order valence-corrected chi connectivity index (χ0v) is 12.2. The summed E-state index contributed by atoms with van der Waals surface area (Å²) in [5, 5.41) is 10.1. The summed E-state index contributed by atoms with van der Waals surface area (Å²) in [6, 6.07) is 7.67. The number of carbonyl (C=O) groups is 1. The molecule has 1 aromatic carbocycles. The Balaban J connectivity index is 2.31. The third kappa shape index (κ3) is 3.11. The van der Waals surface area contributed by atoms with Gasteiger partial charge in [0.2, 0.25) is 0 Å². The molecule has 104 valence electrons. The summed E-state index contributed by atoms with van der Waals surface area (Å²) in [5.74, 6) is 0.256. The van der Waals surface area contributed by atoms with Gasteiger partial charge in [-0.15, -0.1) is 0 Å². The van der Waals surface area contributed by atoms with Gasteiger partial charge in [-0.05, 0) is 48.6 Å². The Morgan fingerprint density at radius 1 is 1.32 bits per heavy atom. The van der Waals surface area contributed by atoms with Crippen molar-refractivity contribution in [1.82, 2.24) is 0 Å². The van der Waals surface area contributed by atoms with Crippen LogP contribution in [0.4, 0.5) is 0 Å². The summed E-state index contributed by atoms with van der Waals surface area (Å²) in [6.07, 6.45) is 2.70. The Morgan fingerprint density at radius 3 is 2.58 bits per heavy atom. The lowest BCUT2D eigenvalue weighted by molar-refractivity contribution is -0.144. The average Bonchev–Trinajstić information content (AvgIpc) is 2.38. The standard InChI is InChI=1S/C16H21ClO2/c1-10(2)11-7-8-13(16(18)19)14(9-11)12-5-3-4-6-15(12)17/h3-6,10-11,13-14H,7-9H2,1-2H3,(H,18,19). The summed E-state index contributed by atoms with van der Waals surface area (Å²) in [7, 11) is 0. The highest BCUT2D eigenvalue weighted by Crippen LogP contribution is 2.44. The molecule has 19 heavy (non-hydrogen) atoms. The highest BCUT2D eigenvalue weighted by Gasteiger charge is 2.37. The fourth-order valence-corrected chi connectivity index (χ4v) is 3.50. The van der Waals surface area contributed by atoms with E-state index in [1.807, 2.05) is 24.3 Å². The zero-order valence-electron chi connectivity index (χ0n) is 11.5. The molecule has 0 aliphatic heterocycles. The minimum absolute atomic E-state index is 0.0485. The van der Waals surface area contributed by atoms with Crippen molar-refractivity contribution < 1.29 is 9.90 Å². The minimum atomic E-state index is -0.688. The van der Waals surface area contributed by atoms with Crippen molar-refractivity contribution >= 4 is 17.6 Å². The Labute approximate surface area is 119 Å². The Kier molecular flexibility index (Phi) is 4.51. The fraction of sp³-hybridized carbons (Fsp3) is 0.562. The van der Waals surface area contributed by atoms with Crippen molar-refractivity contribution in [2.24, 2.45) is 17.8 Å². The first-order chi connectivity index (χ1) is 9.00. The van der Waals surface area contributed by atoms with Gasteiger partial charge in [-0.1, -0.05) is 43.6 Å². The average molecular weight is 281 g/mol. The van der Waals surface area contributed by atoms with Gasteiger partial charge in [0.25, 0.3) is 0 Å². The number of carboxylic acids is 1. The van der Waals surface area contributed by atoms with E-state index >= 15 is 0 Å². The van der Waals surface area contributed by atoms with Crippen LogP contribution in [0.2, 0.25) is 5.02 Å². The van der Waals surface area contributed by atoms with Crippen LogP contribution in [0.5, 0.6) is 0 Å². The summed E-state index contributed by atoms with van der Waals surface area (Å²) >= 11 is 6.26. The van der Waals surface area contributed by atoms with E-state index in [0.717, 1.165) is 24.8 Å². The molecular formula is C16H21ClO2. The van der Waals surface area contributed by atoms with E-state index < -0.39 is 5.97 Å². The Morgan fingerprint density at radius 2 is 2.00 bits per heavy atom. The van der Waals surface area contributed by atoms with E-state index in [9.17, 15) is 9.90 Å². The van der Waals surface area contributed by atoms with Crippen molar-refractivity contribution in [2.45, 2.75) is 39.0 Å². The number of carboxylic acid groups (broad SMARTS) is 1. The van der Waals surface area contributed by atoms with E-state index in [1.54, 1.807) is 0 Å². The van der Waals surface area contributed by atoms with Crippen LogP contribution in [-0.2, 0) is 4.79 Å². The molecule has 0 bridgehead atoms. The van der Waals surface area contributed by atoms with Gasteiger partial charge in [0.05, 0.1) is 5.92 Å². The van der Waals surface area contributed by atoms with Crippen LogP contribution >= 0.6 is 11.6 Å². The first-order valence-electron chi connectivity index (χ1n) is 6.98. The van der Waals surface area contributed by atoms with Crippen LogP contribution in [0.25, 0.3) is 0 Å². The van der Waals surface area contributed by atoms with Crippen molar-refractivity contribution in [1.29, 1.82) is 0 Å². The highest BCUT2D eigenvalue weighted by atomic mass is 35.5. The van der Waals surface area contributed by atoms with E-state index in [4.69, 9.17) is 11.6 Å². The molecule has 0 aromatic heterocycles. The van der Waals surface area contributed by atoms with Crippen LogP contribution in [0.3, 0.4) is 0 Å². The maximum Gasteiger partial charge on any atom is 0.307 e. The van der Waals surface area contributed by atoms with Gasteiger partial charge in [0, 0.05) is 5.02 Å². The first-order valence-corrected chi connectivity index (χ1v) is 7.35. The summed E-state index contributed by atoms with van der Waals surface area (Å²) in [4.78, 5) is 11.5. The molecule has 2 rings (SSSR count). The molecule has 3 atom stereocenters. The van der Waals surface area contributed by atoms with E-state index in [2.05, 4.69) is 13.8 Å². The third-order valence-electron chi connectivity index (χ3n) is 4.46. The van der Waals surface area contributed by atoms with Crippen LogP contribution < -0.4 is 0 Å². The fourth-order valence-electron chi connectivity index (χ4n) is 3.22. The molecule has 3 heteroatoms. The van der Waals surface area contributed by atoms with Crippen LogP contribution in [0, 0.1) is 17.8 Å². The quantitative estimate of drug-likeness (QED) is 0.880. The first kappa shape index (κ1) is 14.4. The van der Waals surface area contributed by atoms with Crippen LogP contribution in [-0.4, -0.2) is 11.1 Å². The maximum atomic E-state index is 11.5. The second kappa shape index (κ2) is 5.96. The SMILES string of the molecule is CC(C)C1CCC(C(=O)O)C(c2ccccc2Cl)C1. The van der Waals surface area contributed by atoms with Gasteiger partial charge in [0.1, 0.15) is 0 Å². The largest absolute Gasteiger partial charge is 0.481 e. The van der Waals surface area contributed by atoms with Crippen LogP contribution in [0.1, 0.15) is 44.6 Å². The number of aliphatic carboxylic acids is 1. The molecule has 1 aliphatic rings. The maximum absolute atomic E-state index is 11.5. The molecule has 0 heterocycles. The summed E-state index contributed by atoms with van der Waals surface area (Å²) in [6.45, 7) is 4.44. The predicted octanol–water partition coefficient (Wildman–Crippen LogP) is 4.58. The molecule has 1 aromatic rings. The molecular weight excluding hydrogens is 260 g/mol. The summed E-state index contributed by atoms with van der Waals surface area (Å²) < 4.78 is 0. The molecule has 0 amide bonds. The predicted molar refractivity (Wildman–Crippen MR) is 77.5 cm³/mol. The van der Waals surface area contributed by atoms with Gasteiger partial charge < -0.3 is 5.11 Å². The molecule has 0 radical (unpaired) electrons. The van der Waals surface area contributed by atoms with Crippen LogP contribution in [0.15, 0.2) is 24.3 Å². The van der Waals surface area contributed by atoms with Crippen molar-refractivity contribution in [3.63, 3.8) is 0 Å². The topological polar surface area (TPSA) is 37.3 Å². The molecule has 1 saturated carbocycles. The van der Waals surface area contributed by atoms with Gasteiger partial charge in [-0.2, -0.15) is 0 Å². The van der Waals surface area contributed by atoms with Gasteiger partial charge >= 0.3 is 5.97 Å². The molecule has 1 N–H and O–H groups in total. The second-order valence-corrected chi connectivity index (χ2v) is 6.30. The molecule has 1 aliphatic carbocycles. The van der Waals surface area contributed by atoms with Crippen molar-refractivity contribution in [2.75, 3.05) is 0 Å². The van der Waals surface area contributed by atoms with Gasteiger partial charge in [0.15, 0.2) is 0 Å². The number of hydrogen-bond donors (Lipinski definition) is 1. The minimum Gasteiger partial charge on any atom is -0.481 e. The number of rotatable bonds is 3. The lowest BCUT2D eigenvalue weighted by Crippen LogP contribution is -2.31. The lowest BCUT2D eigenvalue weighted by Gasteiger charge is -2.36. The molecule has 3 unspecified atom stereocenters. The molecule has 0 saturated heterocycles. The van der Waals surface area contributed by atoms with Crippen molar-refractivity contribution in [3.05, 3.63) is 34.9 Å². The molecule has 1 fully saturated rings. The number of benzene rings is 1. The Hall–Kier alpha value is -1.02. The van der Waals surface area contributed by atoms with E-state index in [1.165, 1.54) is 0 Å². The van der Waals surface area contributed by atoms with E-state index in [0.29, 0.717) is 16.9 Å².